The summed E-state index contributed by atoms with van der Waals surface area (Å²) in [6, 6.07) is 10.8. The number of benzene rings is 2. The SMILES string of the molecule is O=c1cc(C2CC2)n(Cc2ccccc2F)n1-c1ccc(F)cc1F. The standard InChI is InChI=1S/C19H15F3N2O/c20-14-7-8-17(16(22)9-14)24-19(25)10-18(12-5-6-12)23(24)11-13-3-1-2-4-15(13)21/h1-4,7-10,12H,5-6,11H2. The van der Waals surface area contributed by atoms with E-state index < -0.39 is 23.0 Å². The smallest absolute Gasteiger partial charge is 0.271 e. The third kappa shape index (κ3) is 2.88. The Bertz CT molecular complexity index is 1000. The third-order valence-electron chi connectivity index (χ3n) is 4.43. The number of aromatic nitrogens is 2. The summed E-state index contributed by atoms with van der Waals surface area (Å²) in [7, 11) is 0. The van der Waals surface area contributed by atoms with E-state index in [2.05, 4.69) is 0 Å². The first-order valence-corrected chi connectivity index (χ1v) is 8.06. The average Bonchev–Trinajstić information content (AvgIpc) is 3.36. The second-order valence-electron chi connectivity index (χ2n) is 6.24. The van der Waals surface area contributed by atoms with Crippen molar-refractivity contribution >= 4 is 0 Å². The Morgan fingerprint density at radius 3 is 2.40 bits per heavy atom. The average molecular weight is 344 g/mol. The number of hydrogen-bond donors (Lipinski definition) is 0. The van der Waals surface area contributed by atoms with Crippen LogP contribution in [0.15, 0.2) is 53.3 Å². The van der Waals surface area contributed by atoms with Crippen LogP contribution in [0.3, 0.4) is 0 Å². The van der Waals surface area contributed by atoms with Gasteiger partial charge in [-0.3, -0.25) is 9.48 Å². The van der Waals surface area contributed by atoms with Gasteiger partial charge in [0.25, 0.3) is 5.56 Å². The van der Waals surface area contributed by atoms with Gasteiger partial charge in [0, 0.05) is 29.3 Å². The maximum absolute atomic E-state index is 14.3. The van der Waals surface area contributed by atoms with Crippen LogP contribution in [-0.4, -0.2) is 9.36 Å². The molecule has 0 N–H and O–H groups in total. The van der Waals surface area contributed by atoms with Gasteiger partial charge in [-0.05, 0) is 31.0 Å². The minimum atomic E-state index is -0.836. The summed E-state index contributed by atoms with van der Waals surface area (Å²) in [4.78, 5) is 12.5. The molecule has 0 unspecified atom stereocenters. The number of rotatable bonds is 4. The molecule has 0 spiro atoms. The molecule has 25 heavy (non-hydrogen) atoms. The lowest BCUT2D eigenvalue weighted by atomic mass is 10.2. The van der Waals surface area contributed by atoms with Crippen molar-refractivity contribution in [3.05, 3.63) is 87.6 Å². The molecule has 1 aliphatic carbocycles. The van der Waals surface area contributed by atoms with Gasteiger partial charge >= 0.3 is 0 Å². The normalized spacial score (nSPS) is 14.0. The molecule has 0 amide bonds. The molecule has 1 fully saturated rings. The summed E-state index contributed by atoms with van der Waals surface area (Å²) in [5, 5.41) is 0. The predicted molar refractivity (Wildman–Crippen MR) is 87.4 cm³/mol. The zero-order valence-corrected chi connectivity index (χ0v) is 13.3. The van der Waals surface area contributed by atoms with E-state index in [1.807, 2.05) is 0 Å². The zero-order chi connectivity index (χ0) is 17.6. The Kier molecular flexibility index (Phi) is 3.75. The lowest BCUT2D eigenvalue weighted by Crippen LogP contribution is -2.23. The van der Waals surface area contributed by atoms with Crippen LogP contribution in [0.1, 0.15) is 30.0 Å². The van der Waals surface area contributed by atoms with Gasteiger partial charge in [-0.1, -0.05) is 18.2 Å². The summed E-state index contributed by atoms with van der Waals surface area (Å²) in [6.45, 7) is 0.0948. The molecular formula is C19H15F3N2O. The van der Waals surface area contributed by atoms with Gasteiger partial charge in [0.15, 0.2) is 5.82 Å². The molecule has 1 heterocycles. The Labute approximate surface area is 141 Å². The number of halogens is 3. The zero-order valence-electron chi connectivity index (χ0n) is 13.3. The van der Waals surface area contributed by atoms with E-state index in [4.69, 9.17) is 0 Å². The molecule has 128 valence electrons. The molecule has 1 saturated carbocycles. The summed E-state index contributed by atoms with van der Waals surface area (Å²) < 4.78 is 44.3. The van der Waals surface area contributed by atoms with Crippen LogP contribution in [0.25, 0.3) is 5.69 Å². The van der Waals surface area contributed by atoms with Crippen molar-refractivity contribution in [2.24, 2.45) is 0 Å². The van der Waals surface area contributed by atoms with Gasteiger partial charge in [-0.2, -0.15) is 0 Å². The topological polar surface area (TPSA) is 26.9 Å². The lowest BCUT2D eigenvalue weighted by Gasteiger charge is -2.16. The highest BCUT2D eigenvalue weighted by Crippen LogP contribution is 2.40. The fraction of sp³-hybridized carbons (Fsp3) is 0.211. The van der Waals surface area contributed by atoms with Crippen molar-refractivity contribution in [1.29, 1.82) is 0 Å². The van der Waals surface area contributed by atoms with Crippen LogP contribution in [-0.2, 0) is 6.54 Å². The first kappa shape index (κ1) is 15.7. The van der Waals surface area contributed by atoms with Gasteiger partial charge in [0.1, 0.15) is 17.3 Å². The fourth-order valence-corrected chi connectivity index (χ4v) is 3.06. The molecule has 2 aromatic carbocycles. The summed E-state index contributed by atoms with van der Waals surface area (Å²) in [5.74, 6) is -1.73. The molecule has 0 aliphatic heterocycles. The molecule has 3 aromatic rings. The van der Waals surface area contributed by atoms with E-state index in [0.717, 1.165) is 35.4 Å². The molecule has 3 nitrogen and oxygen atoms in total. The molecule has 1 aromatic heterocycles. The number of nitrogens with zero attached hydrogens (tertiary/aromatic N) is 2. The van der Waals surface area contributed by atoms with Gasteiger partial charge < -0.3 is 0 Å². The summed E-state index contributed by atoms with van der Waals surface area (Å²) in [5.41, 5.74) is 0.687. The minimum absolute atomic E-state index is 0.0466. The Balaban J connectivity index is 1.89. The van der Waals surface area contributed by atoms with Crippen molar-refractivity contribution in [1.82, 2.24) is 9.36 Å². The van der Waals surface area contributed by atoms with Crippen LogP contribution in [0.5, 0.6) is 0 Å². The molecule has 6 heteroatoms. The van der Waals surface area contributed by atoms with E-state index >= 15 is 0 Å². The first-order chi connectivity index (χ1) is 12.0. The molecule has 4 rings (SSSR count). The summed E-state index contributed by atoms with van der Waals surface area (Å²) in [6.07, 6.45) is 1.87. The largest absolute Gasteiger partial charge is 0.277 e. The first-order valence-electron chi connectivity index (χ1n) is 8.06. The van der Waals surface area contributed by atoms with Gasteiger partial charge in [-0.25, -0.2) is 17.9 Å². The number of hydrogen-bond acceptors (Lipinski definition) is 1. The third-order valence-corrected chi connectivity index (χ3v) is 4.43. The van der Waals surface area contributed by atoms with E-state index in [-0.39, 0.29) is 18.2 Å². The van der Waals surface area contributed by atoms with Crippen molar-refractivity contribution in [2.45, 2.75) is 25.3 Å². The van der Waals surface area contributed by atoms with Crippen LogP contribution in [0.2, 0.25) is 0 Å². The molecular weight excluding hydrogens is 329 g/mol. The van der Waals surface area contributed by atoms with Crippen molar-refractivity contribution < 1.29 is 13.2 Å². The quantitative estimate of drug-likeness (QED) is 0.703. The Hall–Kier alpha value is -2.76. The van der Waals surface area contributed by atoms with E-state index in [1.54, 1.807) is 22.9 Å². The molecule has 1 aliphatic rings. The fourth-order valence-electron chi connectivity index (χ4n) is 3.06. The van der Waals surface area contributed by atoms with E-state index in [0.29, 0.717) is 5.56 Å². The maximum atomic E-state index is 14.3. The Morgan fingerprint density at radius 2 is 1.72 bits per heavy atom. The maximum Gasteiger partial charge on any atom is 0.271 e. The van der Waals surface area contributed by atoms with E-state index in [1.165, 1.54) is 18.2 Å². The van der Waals surface area contributed by atoms with Crippen LogP contribution >= 0.6 is 0 Å². The van der Waals surface area contributed by atoms with Crippen LogP contribution < -0.4 is 5.56 Å². The van der Waals surface area contributed by atoms with Crippen LogP contribution in [0.4, 0.5) is 13.2 Å². The predicted octanol–water partition coefficient (Wildman–Crippen LogP) is 3.98. The molecule has 0 atom stereocenters. The van der Waals surface area contributed by atoms with E-state index in [9.17, 15) is 18.0 Å². The molecule has 0 saturated heterocycles. The highest BCUT2D eigenvalue weighted by molar-refractivity contribution is 5.35. The van der Waals surface area contributed by atoms with Crippen molar-refractivity contribution in [2.75, 3.05) is 0 Å². The van der Waals surface area contributed by atoms with Crippen molar-refractivity contribution in [3.63, 3.8) is 0 Å². The van der Waals surface area contributed by atoms with Gasteiger partial charge in [-0.15, -0.1) is 0 Å². The summed E-state index contributed by atoms with van der Waals surface area (Å²) >= 11 is 0. The molecule has 0 radical (unpaired) electrons. The minimum Gasteiger partial charge on any atom is -0.277 e. The monoisotopic (exact) mass is 344 g/mol. The van der Waals surface area contributed by atoms with Gasteiger partial charge in [0.2, 0.25) is 0 Å². The molecule has 0 bridgehead atoms. The second kappa shape index (κ2) is 5.95. The highest BCUT2D eigenvalue weighted by Gasteiger charge is 2.30. The highest BCUT2D eigenvalue weighted by atomic mass is 19.1. The lowest BCUT2D eigenvalue weighted by molar-refractivity contribution is 0.515. The van der Waals surface area contributed by atoms with Gasteiger partial charge in [0.05, 0.1) is 6.54 Å². The van der Waals surface area contributed by atoms with Crippen molar-refractivity contribution in [3.8, 4) is 5.69 Å². The Morgan fingerprint density at radius 1 is 0.960 bits per heavy atom. The van der Waals surface area contributed by atoms with Crippen LogP contribution in [0, 0.1) is 17.5 Å². The second-order valence-corrected chi connectivity index (χ2v) is 6.24.